The standard InChI is InChI=1S/C16H21ClN4/c1-4-6-14-15(18-2)19-11-20-16(14)21(3)10-12-7-5-8-13(17)9-12/h5,7-9,11H,4,6,10H2,1-3H3,(H,18,19,20). The van der Waals surface area contributed by atoms with Gasteiger partial charge in [0, 0.05) is 31.2 Å². The molecule has 0 aliphatic rings. The summed E-state index contributed by atoms with van der Waals surface area (Å²) < 4.78 is 0. The lowest BCUT2D eigenvalue weighted by atomic mass is 10.1. The van der Waals surface area contributed by atoms with Crippen LogP contribution in [0.3, 0.4) is 0 Å². The van der Waals surface area contributed by atoms with Crippen LogP contribution in [0, 0.1) is 0 Å². The lowest BCUT2D eigenvalue weighted by molar-refractivity contribution is 0.844. The van der Waals surface area contributed by atoms with Crippen LogP contribution >= 0.6 is 11.6 Å². The highest BCUT2D eigenvalue weighted by Crippen LogP contribution is 2.25. The Morgan fingerprint density at radius 2 is 2.10 bits per heavy atom. The molecule has 2 aromatic rings. The van der Waals surface area contributed by atoms with Crippen molar-refractivity contribution in [1.82, 2.24) is 9.97 Å². The predicted octanol–water partition coefficient (Wildman–Crippen LogP) is 3.76. The summed E-state index contributed by atoms with van der Waals surface area (Å²) in [5, 5.41) is 3.91. The molecule has 0 bridgehead atoms. The zero-order valence-electron chi connectivity index (χ0n) is 12.7. The number of rotatable bonds is 6. The number of hydrogen-bond acceptors (Lipinski definition) is 4. The Morgan fingerprint density at radius 3 is 2.76 bits per heavy atom. The van der Waals surface area contributed by atoms with Crippen LogP contribution in [0.15, 0.2) is 30.6 Å². The average molecular weight is 305 g/mol. The lowest BCUT2D eigenvalue weighted by Gasteiger charge is -2.22. The van der Waals surface area contributed by atoms with Gasteiger partial charge in [-0.1, -0.05) is 37.1 Å². The number of benzene rings is 1. The molecule has 1 aromatic carbocycles. The summed E-state index contributed by atoms with van der Waals surface area (Å²) in [4.78, 5) is 10.9. The molecule has 1 aromatic heterocycles. The number of nitrogens with zero attached hydrogens (tertiary/aromatic N) is 3. The van der Waals surface area contributed by atoms with Crippen molar-refractivity contribution < 1.29 is 0 Å². The predicted molar refractivity (Wildman–Crippen MR) is 89.1 cm³/mol. The van der Waals surface area contributed by atoms with Gasteiger partial charge in [-0.25, -0.2) is 9.97 Å². The fourth-order valence-electron chi connectivity index (χ4n) is 2.41. The second-order valence-corrected chi connectivity index (χ2v) is 5.45. The van der Waals surface area contributed by atoms with Crippen molar-refractivity contribution in [3.05, 3.63) is 46.7 Å². The van der Waals surface area contributed by atoms with Crippen molar-refractivity contribution in [1.29, 1.82) is 0 Å². The molecule has 4 nitrogen and oxygen atoms in total. The van der Waals surface area contributed by atoms with Gasteiger partial charge in [-0.3, -0.25) is 0 Å². The molecule has 0 saturated heterocycles. The molecule has 0 unspecified atom stereocenters. The first-order valence-electron chi connectivity index (χ1n) is 7.13. The maximum Gasteiger partial charge on any atom is 0.137 e. The summed E-state index contributed by atoms with van der Waals surface area (Å²) in [6.45, 7) is 2.92. The van der Waals surface area contributed by atoms with Gasteiger partial charge in [-0.2, -0.15) is 0 Å². The van der Waals surface area contributed by atoms with E-state index >= 15 is 0 Å². The van der Waals surface area contributed by atoms with Crippen molar-refractivity contribution in [3.8, 4) is 0 Å². The Bertz CT molecular complexity index is 601. The van der Waals surface area contributed by atoms with Crippen LogP contribution in [0.1, 0.15) is 24.5 Å². The first-order chi connectivity index (χ1) is 10.2. The van der Waals surface area contributed by atoms with Gasteiger partial charge in [0.15, 0.2) is 0 Å². The van der Waals surface area contributed by atoms with E-state index in [4.69, 9.17) is 11.6 Å². The molecule has 0 saturated carbocycles. The van der Waals surface area contributed by atoms with E-state index in [1.165, 1.54) is 0 Å². The zero-order valence-corrected chi connectivity index (χ0v) is 13.5. The van der Waals surface area contributed by atoms with Crippen molar-refractivity contribution in [2.45, 2.75) is 26.3 Å². The quantitative estimate of drug-likeness (QED) is 0.882. The van der Waals surface area contributed by atoms with Gasteiger partial charge < -0.3 is 10.2 Å². The van der Waals surface area contributed by atoms with Gasteiger partial charge in [0.05, 0.1) is 0 Å². The molecule has 0 fully saturated rings. The fourth-order valence-corrected chi connectivity index (χ4v) is 2.62. The second kappa shape index (κ2) is 7.27. The van der Waals surface area contributed by atoms with Crippen LogP contribution < -0.4 is 10.2 Å². The molecule has 0 amide bonds. The van der Waals surface area contributed by atoms with Crippen molar-refractivity contribution >= 4 is 23.2 Å². The van der Waals surface area contributed by atoms with Gasteiger partial charge in [0.2, 0.25) is 0 Å². The molecule has 0 spiro atoms. The summed E-state index contributed by atoms with van der Waals surface area (Å²) in [6.07, 6.45) is 3.61. The van der Waals surface area contributed by atoms with Crippen LogP contribution in [0.2, 0.25) is 5.02 Å². The van der Waals surface area contributed by atoms with E-state index < -0.39 is 0 Å². The Balaban J connectivity index is 2.28. The average Bonchev–Trinajstić information content (AvgIpc) is 2.47. The monoisotopic (exact) mass is 304 g/mol. The maximum absolute atomic E-state index is 6.05. The largest absolute Gasteiger partial charge is 0.373 e. The molecule has 21 heavy (non-hydrogen) atoms. The third-order valence-corrected chi connectivity index (χ3v) is 3.56. The summed E-state index contributed by atoms with van der Waals surface area (Å²) in [5.74, 6) is 1.87. The Kier molecular flexibility index (Phi) is 5.39. The first-order valence-corrected chi connectivity index (χ1v) is 7.50. The van der Waals surface area contributed by atoms with Crippen LogP contribution in [0.25, 0.3) is 0 Å². The van der Waals surface area contributed by atoms with Crippen LogP contribution in [-0.4, -0.2) is 24.1 Å². The molecule has 0 atom stereocenters. The Morgan fingerprint density at radius 1 is 1.29 bits per heavy atom. The summed E-state index contributed by atoms with van der Waals surface area (Å²) in [6, 6.07) is 7.91. The van der Waals surface area contributed by atoms with Gasteiger partial charge in [-0.15, -0.1) is 0 Å². The second-order valence-electron chi connectivity index (χ2n) is 5.01. The number of halogens is 1. The lowest BCUT2D eigenvalue weighted by Crippen LogP contribution is -2.20. The highest BCUT2D eigenvalue weighted by atomic mass is 35.5. The van der Waals surface area contributed by atoms with E-state index in [9.17, 15) is 0 Å². The summed E-state index contributed by atoms with van der Waals surface area (Å²) in [5.41, 5.74) is 2.32. The molecule has 1 N–H and O–H groups in total. The minimum absolute atomic E-state index is 0.758. The van der Waals surface area contributed by atoms with Gasteiger partial charge in [-0.05, 0) is 24.1 Å². The maximum atomic E-state index is 6.05. The minimum atomic E-state index is 0.758. The molecule has 1 heterocycles. The van der Waals surface area contributed by atoms with E-state index in [2.05, 4.69) is 33.2 Å². The fraction of sp³-hybridized carbons (Fsp3) is 0.375. The van der Waals surface area contributed by atoms with E-state index in [-0.39, 0.29) is 0 Å². The third-order valence-electron chi connectivity index (χ3n) is 3.33. The highest BCUT2D eigenvalue weighted by Gasteiger charge is 2.13. The number of nitrogens with one attached hydrogen (secondary N) is 1. The minimum Gasteiger partial charge on any atom is -0.373 e. The topological polar surface area (TPSA) is 41.1 Å². The molecule has 2 rings (SSSR count). The first kappa shape index (κ1) is 15.6. The number of aromatic nitrogens is 2. The molecule has 5 heteroatoms. The third kappa shape index (κ3) is 3.85. The van der Waals surface area contributed by atoms with Crippen molar-refractivity contribution in [2.24, 2.45) is 0 Å². The molecule has 0 aliphatic carbocycles. The van der Waals surface area contributed by atoms with E-state index in [1.54, 1.807) is 6.33 Å². The van der Waals surface area contributed by atoms with Crippen LogP contribution in [-0.2, 0) is 13.0 Å². The van der Waals surface area contributed by atoms with Gasteiger partial charge in [0.1, 0.15) is 18.0 Å². The number of anilines is 2. The molecule has 0 radical (unpaired) electrons. The van der Waals surface area contributed by atoms with Gasteiger partial charge >= 0.3 is 0 Å². The SMILES string of the molecule is CCCc1c(NC)ncnc1N(C)Cc1cccc(Cl)c1. The Hall–Kier alpha value is -1.81. The summed E-state index contributed by atoms with van der Waals surface area (Å²) in [7, 11) is 3.93. The molecule has 112 valence electrons. The van der Waals surface area contributed by atoms with E-state index in [0.717, 1.165) is 47.2 Å². The molecular weight excluding hydrogens is 284 g/mol. The molecular formula is C16H21ClN4. The van der Waals surface area contributed by atoms with E-state index in [1.807, 2.05) is 32.3 Å². The smallest absolute Gasteiger partial charge is 0.137 e. The van der Waals surface area contributed by atoms with Crippen LogP contribution in [0.5, 0.6) is 0 Å². The molecule has 0 aliphatic heterocycles. The van der Waals surface area contributed by atoms with E-state index in [0.29, 0.717) is 0 Å². The summed E-state index contributed by atoms with van der Waals surface area (Å²) >= 11 is 6.05. The number of hydrogen-bond donors (Lipinski definition) is 1. The van der Waals surface area contributed by atoms with Crippen LogP contribution in [0.4, 0.5) is 11.6 Å². The highest BCUT2D eigenvalue weighted by molar-refractivity contribution is 6.30. The Labute approximate surface area is 131 Å². The zero-order chi connectivity index (χ0) is 15.2. The van der Waals surface area contributed by atoms with Crippen molar-refractivity contribution in [2.75, 3.05) is 24.3 Å². The van der Waals surface area contributed by atoms with Gasteiger partial charge in [0.25, 0.3) is 0 Å². The normalized spacial score (nSPS) is 10.5. The van der Waals surface area contributed by atoms with Crippen molar-refractivity contribution in [3.63, 3.8) is 0 Å².